The Kier molecular flexibility index (Phi) is 6.42. The van der Waals surface area contributed by atoms with E-state index in [1.165, 1.54) is 32.9 Å². The van der Waals surface area contributed by atoms with Crippen molar-refractivity contribution in [3.63, 3.8) is 0 Å². The second-order valence-electron chi connectivity index (χ2n) is 5.89. The van der Waals surface area contributed by atoms with Crippen LogP contribution in [-0.4, -0.2) is 53.7 Å². The molecule has 2 atom stereocenters. The number of carboxylic acids is 1. The Balaban J connectivity index is 0.000000221. The van der Waals surface area contributed by atoms with E-state index in [4.69, 9.17) is 15.6 Å². The van der Waals surface area contributed by atoms with Crippen LogP contribution >= 0.6 is 0 Å². The molecule has 0 aliphatic carbocycles. The zero-order valence-corrected chi connectivity index (χ0v) is 12.5. The number of fused-ring (bicyclic) bond motifs is 3. The van der Waals surface area contributed by atoms with Crippen LogP contribution in [0.25, 0.3) is 0 Å². The van der Waals surface area contributed by atoms with E-state index >= 15 is 0 Å². The van der Waals surface area contributed by atoms with Crippen LogP contribution in [0.2, 0.25) is 0 Å². The number of aliphatic carboxylic acids is 1. The van der Waals surface area contributed by atoms with Crippen LogP contribution in [0.1, 0.15) is 33.6 Å². The highest BCUT2D eigenvalue weighted by atomic mass is 16.5. The van der Waals surface area contributed by atoms with E-state index < -0.39 is 12.0 Å². The predicted molar refractivity (Wildman–Crippen MR) is 75.2 cm³/mol. The van der Waals surface area contributed by atoms with Gasteiger partial charge in [-0.05, 0) is 37.8 Å². The van der Waals surface area contributed by atoms with Crippen LogP contribution in [0.5, 0.6) is 0 Å². The minimum Gasteiger partial charge on any atom is -0.480 e. The molecule has 0 aromatic carbocycles. The number of carboxylic acid groups (broad SMARTS) is 1. The molecule has 3 N–H and O–H groups in total. The molecule has 6 heteroatoms. The highest BCUT2D eigenvalue weighted by molar-refractivity contribution is 5.73. The van der Waals surface area contributed by atoms with Crippen molar-refractivity contribution in [3.8, 4) is 0 Å². The van der Waals surface area contributed by atoms with Crippen molar-refractivity contribution < 1.29 is 19.4 Å². The van der Waals surface area contributed by atoms with Gasteiger partial charge in [-0.2, -0.15) is 0 Å². The van der Waals surface area contributed by atoms with Gasteiger partial charge in [0, 0.05) is 13.5 Å². The quantitative estimate of drug-likeness (QED) is 0.742. The number of carbonyl (C=O) groups is 2. The van der Waals surface area contributed by atoms with Gasteiger partial charge in [0.2, 0.25) is 0 Å². The average Bonchev–Trinajstić information content (AvgIpc) is 2.39. The fraction of sp³-hybridized carbons (Fsp3) is 0.857. The molecule has 0 aromatic rings. The Hall–Kier alpha value is -1.14. The van der Waals surface area contributed by atoms with E-state index in [0.717, 1.165) is 6.54 Å². The van der Waals surface area contributed by atoms with Gasteiger partial charge in [-0.1, -0.05) is 13.8 Å². The first-order valence-electron chi connectivity index (χ1n) is 7.19. The van der Waals surface area contributed by atoms with E-state index in [1.807, 2.05) is 0 Å². The summed E-state index contributed by atoms with van der Waals surface area (Å²) in [6, 6.07) is -0.713. The summed E-state index contributed by atoms with van der Waals surface area (Å²) in [5, 5.41) is 8.23. The van der Waals surface area contributed by atoms with Crippen molar-refractivity contribution in [3.05, 3.63) is 0 Å². The first-order valence-corrected chi connectivity index (χ1v) is 7.19. The van der Waals surface area contributed by atoms with Gasteiger partial charge in [0.15, 0.2) is 0 Å². The Morgan fingerprint density at radius 2 is 1.85 bits per heavy atom. The first-order chi connectivity index (χ1) is 9.31. The maximum Gasteiger partial charge on any atom is 0.320 e. The number of hydrogen-bond acceptors (Lipinski definition) is 5. The lowest BCUT2D eigenvalue weighted by molar-refractivity contribution is -0.156. The summed E-state index contributed by atoms with van der Waals surface area (Å²) in [5.74, 6) is -0.403. The SMILES string of the molecule is CC(=O)OC1CN2CCC1CC2.CC(C)[C@H](N)C(=O)O. The topological polar surface area (TPSA) is 92.9 Å². The Bertz CT molecular complexity index is 338. The summed E-state index contributed by atoms with van der Waals surface area (Å²) in [5.41, 5.74) is 5.16. The number of hydrogen-bond donors (Lipinski definition) is 2. The van der Waals surface area contributed by atoms with Gasteiger partial charge in [0.05, 0.1) is 0 Å². The van der Waals surface area contributed by atoms with Crippen molar-refractivity contribution in [2.24, 2.45) is 17.6 Å². The number of esters is 1. The van der Waals surface area contributed by atoms with Crippen LogP contribution in [0, 0.1) is 11.8 Å². The molecule has 0 amide bonds. The maximum absolute atomic E-state index is 10.7. The van der Waals surface area contributed by atoms with Gasteiger partial charge in [-0.15, -0.1) is 0 Å². The second-order valence-corrected chi connectivity index (χ2v) is 5.89. The van der Waals surface area contributed by atoms with Gasteiger partial charge in [0.1, 0.15) is 12.1 Å². The largest absolute Gasteiger partial charge is 0.480 e. The van der Waals surface area contributed by atoms with Crippen molar-refractivity contribution in [2.45, 2.75) is 45.8 Å². The number of ether oxygens (including phenoxy) is 1. The zero-order chi connectivity index (χ0) is 15.3. The molecule has 3 rings (SSSR count). The fourth-order valence-electron chi connectivity index (χ4n) is 2.54. The summed E-state index contributed by atoms with van der Waals surface area (Å²) in [4.78, 5) is 23.1. The van der Waals surface area contributed by atoms with Crippen LogP contribution in [-0.2, 0) is 14.3 Å². The molecule has 0 spiro atoms. The lowest BCUT2D eigenvalue weighted by Crippen LogP contribution is -2.51. The molecule has 1 unspecified atom stereocenters. The van der Waals surface area contributed by atoms with Gasteiger partial charge in [-0.25, -0.2) is 0 Å². The summed E-state index contributed by atoms with van der Waals surface area (Å²) >= 11 is 0. The Labute approximate surface area is 120 Å². The van der Waals surface area contributed by atoms with Gasteiger partial charge in [-0.3, -0.25) is 14.5 Å². The maximum atomic E-state index is 10.7. The number of piperidine rings is 3. The third kappa shape index (κ3) is 5.09. The Morgan fingerprint density at radius 3 is 2.10 bits per heavy atom. The minimum atomic E-state index is -0.931. The molecular weight excluding hydrogens is 260 g/mol. The zero-order valence-electron chi connectivity index (χ0n) is 12.5. The van der Waals surface area contributed by atoms with Gasteiger partial charge in [0.25, 0.3) is 0 Å². The van der Waals surface area contributed by atoms with Crippen molar-refractivity contribution in [2.75, 3.05) is 19.6 Å². The van der Waals surface area contributed by atoms with E-state index in [1.54, 1.807) is 13.8 Å². The molecule has 3 aliphatic heterocycles. The standard InChI is InChI=1S/C9H15NO2.C5H11NO2/c1-7(11)12-9-6-10-4-2-8(9)3-5-10;1-3(2)4(6)5(7)8/h8-9H,2-6H2,1H3;3-4H,6H2,1-2H3,(H,7,8)/t;4-/m.0/s1. The molecule has 116 valence electrons. The molecule has 6 nitrogen and oxygen atoms in total. The lowest BCUT2D eigenvalue weighted by Gasteiger charge is -2.43. The molecule has 0 aromatic heterocycles. The molecule has 3 heterocycles. The molecule has 3 fully saturated rings. The van der Waals surface area contributed by atoms with E-state index in [-0.39, 0.29) is 18.0 Å². The third-order valence-corrected chi connectivity index (χ3v) is 3.92. The molecule has 20 heavy (non-hydrogen) atoms. The first kappa shape index (κ1) is 16.9. The summed E-state index contributed by atoms with van der Waals surface area (Å²) in [7, 11) is 0. The predicted octanol–water partition coefficient (Wildman–Crippen LogP) is 0.698. The lowest BCUT2D eigenvalue weighted by atomic mass is 9.86. The highest BCUT2D eigenvalue weighted by Crippen LogP contribution is 2.29. The summed E-state index contributed by atoms with van der Waals surface area (Å²) < 4.78 is 5.24. The van der Waals surface area contributed by atoms with Crippen molar-refractivity contribution >= 4 is 11.9 Å². The fourth-order valence-corrected chi connectivity index (χ4v) is 2.54. The highest BCUT2D eigenvalue weighted by Gasteiger charge is 2.35. The van der Waals surface area contributed by atoms with Crippen LogP contribution < -0.4 is 5.73 Å². The summed E-state index contributed by atoms with van der Waals surface area (Å²) in [6.07, 6.45) is 2.60. The molecule has 0 radical (unpaired) electrons. The van der Waals surface area contributed by atoms with Gasteiger partial charge >= 0.3 is 11.9 Å². The smallest absolute Gasteiger partial charge is 0.320 e. The van der Waals surface area contributed by atoms with Crippen molar-refractivity contribution in [1.82, 2.24) is 4.90 Å². The second kappa shape index (κ2) is 7.59. The van der Waals surface area contributed by atoms with Crippen LogP contribution in [0.4, 0.5) is 0 Å². The van der Waals surface area contributed by atoms with Gasteiger partial charge < -0.3 is 15.6 Å². The minimum absolute atomic E-state index is 0.0208. The van der Waals surface area contributed by atoms with Crippen molar-refractivity contribution in [1.29, 1.82) is 0 Å². The molecule has 3 aliphatic rings. The van der Waals surface area contributed by atoms with E-state index in [2.05, 4.69) is 4.90 Å². The number of nitrogens with two attached hydrogens (primary N) is 1. The average molecular weight is 286 g/mol. The molecule has 2 bridgehead atoms. The summed E-state index contributed by atoms with van der Waals surface area (Å²) in [6.45, 7) is 8.41. The number of carbonyl (C=O) groups excluding carboxylic acids is 1. The van der Waals surface area contributed by atoms with E-state index in [9.17, 15) is 9.59 Å². The molecule has 3 saturated heterocycles. The number of rotatable bonds is 3. The van der Waals surface area contributed by atoms with Crippen LogP contribution in [0.15, 0.2) is 0 Å². The van der Waals surface area contributed by atoms with E-state index in [0.29, 0.717) is 5.92 Å². The number of nitrogens with zero attached hydrogens (tertiary/aromatic N) is 1. The molecular formula is C14H26N2O4. The normalized spacial score (nSPS) is 29.4. The Morgan fingerprint density at radius 1 is 1.30 bits per heavy atom. The third-order valence-electron chi connectivity index (χ3n) is 3.92. The molecule has 0 saturated carbocycles. The van der Waals surface area contributed by atoms with Crippen LogP contribution in [0.3, 0.4) is 0 Å². The monoisotopic (exact) mass is 286 g/mol.